The van der Waals surface area contributed by atoms with Gasteiger partial charge in [-0.25, -0.2) is 4.98 Å². The number of aromatic nitrogens is 2. The number of nitrogens with two attached hydrogens (primary N) is 1. The second kappa shape index (κ2) is 9.42. The molecule has 158 valence electrons. The minimum absolute atomic E-state index is 0.148. The predicted molar refractivity (Wildman–Crippen MR) is 124 cm³/mol. The van der Waals surface area contributed by atoms with Gasteiger partial charge in [0.1, 0.15) is 6.04 Å². The summed E-state index contributed by atoms with van der Waals surface area (Å²) in [4.78, 5) is 29.8. The van der Waals surface area contributed by atoms with E-state index in [9.17, 15) is 9.59 Å². The van der Waals surface area contributed by atoms with Crippen LogP contribution in [-0.2, 0) is 16.1 Å². The largest absolute Gasteiger partial charge is 0.349 e. The first-order valence-corrected chi connectivity index (χ1v) is 11.2. The number of amides is 2. The van der Waals surface area contributed by atoms with E-state index in [-0.39, 0.29) is 12.5 Å². The zero-order chi connectivity index (χ0) is 21.8. The van der Waals surface area contributed by atoms with Crippen LogP contribution in [0, 0.1) is 0 Å². The Morgan fingerprint density at radius 2 is 1.84 bits per heavy atom. The number of carbonyl (C=O) groups excluding carboxylic acids is 2. The van der Waals surface area contributed by atoms with Crippen molar-refractivity contribution in [2.24, 2.45) is 5.73 Å². The highest BCUT2D eigenvalue weighted by Gasteiger charge is 2.17. The van der Waals surface area contributed by atoms with Crippen LogP contribution in [0.5, 0.6) is 0 Å². The van der Waals surface area contributed by atoms with Gasteiger partial charge in [-0.2, -0.15) is 0 Å². The SMILES string of the molecule is N[C@H](C(=O)NCC(=O)NCc1cnc2scc(-c3ccc(Br)cc3)n12)c1ccccc1. The van der Waals surface area contributed by atoms with E-state index in [1.165, 1.54) is 11.3 Å². The number of rotatable bonds is 7. The summed E-state index contributed by atoms with van der Waals surface area (Å²) in [5.74, 6) is -0.701. The van der Waals surface area contributed by atoms with E-state index >= 15 is 0 Å². The van der Waals surface area contributed by atoms with E-state index in [0.29, 0.717) is 12.1 Å². The Morgan fingerprint density at radius 3 is 2.58 bits per heavy atom. The summed E-state index contributed by atoms with van der Waals surface area (Å²) in [7, 11) is 0. The summed E-state index contributed by atoms with van der Waals surface area (Å²) in [5.41, 5.74) is 9.57. The van der Waals surface area contributed by atoms with Crippen LogP contribution in [0.15, 0.2) is 70.6 Å². The third-order valence-electron chi connectivity index (χ3n) is 4.79. The number of nitrogens with zero attached hydrogens (tertiary/aromatic N) is 2. The lowest BCUT2D eigenvalue weighted by Crippen LogP contribution is -2.40. The molecule has 2 heterocycles. The lowest BCUT2D eigenvalue weighted by molar-refractivity contribution is -0.127. The van der Waals surface area contributed by atoms with Crippen molar-refractivity contribution < 1.29 is 9.59 Å². The lowest BCUT2D eigenvalue weighted by atomic mass is 10.1. The zero-order valence-electron chi connectivity index (χ0n) is 16.4. The van der Waals surface area contributed by atoms with Gasteiger partial charge in [-0.05, 0) is 23.3 Å². The van der Waals surface area contributed by atoms with Gasteiger partial charge >= 0.3 is 0 Å². The monoisotopic (exact) mass is 497 g/mol. The first kappa shape index (κ1) is 21.2. The second-order valence-electron chi connectivity index (χ2n) is 6.88. The fraction of sp³-hybridized carbons (Fsp3) is 0.136. The van der Waals surface area contributed by atoms with Gasteiger partial charge in [0, 0.05) is 9.85 Å². The molecule has 0 aliphatic heterocycles. The highest BCUT2D eigenvalue weighted by atomic mass is 79.9. The Kier molecular flexibility index (Phi) is 6.45. The van der Waals surface area contributed by atoms with Crippen LogP contribution in [0.3, 0.4) is 0 Å². The molecule has 0 aliphatic carbocycles. The molecule has 0 saturated heterocycles. The highest BCUT2D eigenvalue weighted by molar-refractivity contribution is 9.10. The van der Waals surface area contributed by atoms with Crippen LogP contribution < -0.4 is 16.4 Å². The molecule has 0 unspecified atom stereocenters. The highest BCUT2D eigenvalue weighted by Crippen LogP contribution is 2.28. The van der Waals surface area contributed by atoms with E-state index < -0.39 is 11.9 Å². The number of halogens is 1. The van der Waals surface area contributed by atoms with Gasteiger partial charge in [0.2, 0.25) is 11.8 Å². The molecule has 2 aromatic heterocycles. The van der Waals surface area contributed by atoms with Crippen molar-refractivity contribution in [1.29, 1.82) is 0 Å². The van der Waals surface area contributed by atoms with Crippen molar-refractivity contribution >= 4 is 44.0 Å². The number of imidazole rings is 1. The fourth-order valence-corrected chi connectivity index (χ4v) is 4.31. The molecule has 9 heteroatoms. The fourth-order valence-electron chi connectivity index (χ4n) is 3.15. The zero-order valence-corrected chi connectivity index (χ0v) is 18.8. The first-order valence-electron chi connectivity index (χ1n) is 9.57. The quantitative estimate of drug-likeness (QED) is 0.364. The predicted octanol–water partition coefficient (Wildman–Crippen LogP) is 3.26. The standard InChI is InChI=1S/C22H20BrN5O2S/c23-16-8-6-14(7-9-16)18-13-31-22-27-11-17(28(18)22)10-25-19(29)12-26-21(30)20(24)15-4-2-1-3-5-15/h1-9,11,13,20H,10,12,24H2,(H,25,29)(H,26,30)/t20-/m0/s1. The van der Waals surface area contributed by atoms with Gasteiger partial charge in [-0.15, -0.1) is 11.3 Å². The minimum Gasteiger partial charge on any atom is -0.349 e. The maximum absolute atomic E-state index is 12.3. The molecule has 1 atom stereocenters. The summed E-state index contributed by atoms with van der Waals surface area (Å²) >= 11 is 4.99. The normalized spacial score (nSPS) is 11.9. The second-order valence-corrected chi connectivity index (χ2v) is 8.63. The van der Waals surface area contributed by atoms with Crippen LogP contribution in [0.2, 0.25) is 0 Å². The molecule has 2 amide bonds. The maximum atomic E-state index is 12.3. The van der Waals surface area contributed by atoms with Crippen LogP contribution in [0.25, 0.3) is 16.2 Å². The number of benzene rings is 2. The lowest BCUT2D eigenvalue weighted by Gasteiger charge is -2.12. The van der Waals surface area contributed by atoms with Gasteiger partial charge in [0.05, 0.1) is 30.7 Å². The molecule has 0 fully saturated rings. The molecule has 0 spiro atoms. The van der Waals surface area contributed by atoms with Crippen LogP contribution >= 0.6 is 27.3 Å². The summed E-state index contributed by atoms with van der Waals surface area (Å²) in [6.45, 7) is 0.144. The number of hydrogen-bond donors (Lipinski definition) is 3. The minimum atomic E-state index is -0.817. The third kappa shape index (κ3) is 4.84. The molecule has 0 saturated carbocycles. The molecular formula is C22H20BrN5O2S. The van der Waals surface area contributed by atoms with Gasteiger partial charge in [0.15, 0.2) is 4.96 Å². The van der Waals surface area contributed by atoms with Crippen molar-refractivity contribution in [3.63, 3.8) is 0 Å². The van der Waals surface area contributed by atoms with Gasteiger partial charge in [-0.3, -0.25) is 14.0 Å². The Bertz CT molecular complexity index is 1200. The molecule has 0 radical (unpaired) electrons. The van der Waals surface area contributed by atoms with Crippen LogP contribution in [0.1, 0.15) is 17.3 Å². The van der Waals surface area contributed by atoms with Crippen molar-refractivity contribution in [3.8, 4) is 11.3 Å². The van der Waals surface area contributed by atoms with E-state index in [1.807, 2.05) is 52.2 Å². The van der Waals surface area contributed by atoms with Gasteiger partial charge in [0.25, 0.3) is 0 Å². The van der Waals surface area contributed by atoms with Crippen molar-refractivity contribution in [2.45, 2.75) is 12.6 Å². The number of thiazole rings is 1. The van der Waals surface area contributed by atoms with Gasteiger partial charge < -0.3 is 16.4 Å². The first-order chi connectivity index (χ1) is 15.0. The Morgan fingerprint density at radius 1 is 1.10 bits per heavy atom. The number of nitrogens with one attached hydrogen (secondary N) is 2. The molecule has 0 aliphatic rings. The molecule has 4 aromatic rings. The van der Waals surface area contributed by atoms with E-state index in [1.54, 1.807) is 18.3 Å². The Balaban J connectivity index is 1.37. The van der Waals surface area contributed by atoms with Crippen molar-refractivity contribution in [1.82, 2.24) is 20.0 Å². The molecule has 4 rings (SSSR count). The molecule has 2 aromatic carbocycles. The summed E-state index contributed by atoms with van der Waals surface area (Å²) in [5, 5.41) is 7.46. The molecule has 4 N–H and O–H groups in total. The topological polar surface area (TPSA) is 102 Å². The number of fused-ring (bicyclic) bond motifs is 1. The van der Waals surface area contributed by atoms with E-state index in [0.717, 1.165) is 26.4 Å². The molecule has 0 bridgehead atoms. The average Bonchev–Trinajstić information content (AvgIpc) is 3.39. The Labute approximate surface area is 191 Å². The summed E-state index contributed by atoms with van der Waals surface area (Å²) in [6, 6.07) is 16.2. The van der Waals surface area contributed by atoms with Crippen molar-refractivity contribution in [2.75, 3.05) is 6.54 Å². The van der Waals surface area contributed by atoms with Crippen LogP contribution in [0.4, 0.5) is 0 Å². The molecule has 7 nitrogen and oxygen atoms in total. The van der Waals surface area contributed by atoms with Crippen molar-refractivity contribution in [3.05, 3.63) is 81.9 Å². The number of carbonyl (C=O) groups is 2. The van der Waals surface area contributed by atoms with E-state index in [4.69, 9.17) is 5.73 Å². The average molecular weight is 498 g/mol. The third-order valence-corrected chi connectivity index (χ3v) is 6.16. The Hall–Kier alpha value is -3.01. The smallest absolute Gasteiger partial charge is 0.241 e. The van der Waals surface area contributed by atoms with Crippen LogP contribution in [-0.4, -0.2) is 27.7 Å². The summed E-state index contributed by atoms with van der Waals surface area (Å²) in [6.07, 6.45) is 1.75. The summed E-state index contributed by atoms with van der Waals surface area (Å²) < 4.78 is 3.04. The maximum Gasteiger partial charge on any atom is 0.241 e. The molecular weight excluding hydrogens is 478 g/mol. The van der Waals surface area contributed by atoms with E-state index in [2.05, 4.69) is 31.5 Å². The van der Waals surface area contributed by atoms with Gasteiger partial charge in [-0.1, -0.05) is 58.4 Å². The molecule has 31 heavy (non-hydrogen) atoms. The number of hydrogen-bond acceptors (Lipinski definition) is 5.